The number of aromatic nitrogens is 1. The van der Waals surface area contributed by atoms with Crippen LogP contribution in [0.25, 0.3) is 10.9 Å². The monoisotopic (exact) mass is 263 g/mol. The van der Waals surface area contributed by atoms with Gasteiger partial charge in [0.25, 0.3) is 0 Å². The Morgan fingerprint density at radius 2 is 1.90 bits per heavy atom. The molecule has 0 spiro atoms. The molecule has 2 aromatic carbocycles. The molecule has 100 valence electrons. The van der Waals surface area contributed by atoms with E-state index in [0.29, 0.717) is 12.6 Å². The molecular weight excluding hydrogens is 244 g/mol. The summed E-state index contributed by atoms with van der Waals surface area (Å²) in [6.45, 7) is 0.647. The Hall–Kier alpha value is -2.19. The molecule has 20 heavy (non-hydrogen) atoms. The first-order chi connectivity index (χ1) is 10.3. The molecule has 0 aliphatic carbocycles. The third kappa shape index (κ3) is 2.56. The summed E-state index contributed by atoms with van der Waals surface area (Å²) >= 11 is 0. The van der Waals surface area contributed by atoms with Gasteiger partial charge < -0.3 is 5.73 Å². The second-order valence-corrected chi connectivity index (χ2v) is 4.93. The van der Waals surface area contributed by atoms with Crippen LogP contribution in [0.2, 0.25) is 0 Å². The van der Waals surface area contributed by atoms with E-state index in [4.69, 9.17) is 7.10 Å². The smallest absolute Gasteiger partial charge is 0.0702 e. The highest BCUT2D eigenvalue weighted by atomic mass is 14.6. The Morgan fingerprint density at radius 1 is 1.05 bits per heavy atom. The van der Waals surface area contributed by atoms with Gasteiger partial charge in [0.2, 0.25) is 0 Å². The summed E-state index contributed by atoms with van der Waals surface area (Å²) in [6, 6.07) is 19.0. The lowest BCUT2D eigenvalue weighted by Gasteiger charge is -2.17. The molecule has 2 N–H and O–H groups in total. The molecule has 0 radical (unpaired) electrons. The van der Waals surface area contributed by atoms with Crippen molar-refractivity contribution in [2.75, 3.05) is 6.54 Å². The van der Waals surface area contributed by atoms with Crippen molar-refractivity contribution < 1.29 is 1.37 Å². The van der Waals surface area contributed by atoms with Gasteiger partial charge in [0, 0.05) is 17.5 Å². The van der Waals surface area contributed by atoms with Gasteiger partial charge in [0.15, 0.2) is 0 Å². The zero-order chi connectivity index (χ0) is 14.7. The molecular formula is C18H18N2. The quantitative estimate of drug-likeness (QED) is 0.779. The minimum atomic E-state index is 0.287. The molecule has 3 aromatic rings. The van der Waals surface area contributed by atoms with Gasteiger partial charge >= 0.3 is 0 Å². The second-order valence-electron chi connectivity index (χ2n) is 4.93. The van der Waals surface area contributed by atoms with E-state index < -0.39 is 0 Å². The van der Waals surface area contributed by atoms with Crippen molar-refractivity contribution in [1.29, 1.82) is 0 Å². The van der Waals surface area contributed by atoms with Gasteiger partial charge in [-0.25, -0.2) is 0 Å². The van der Waals surface area contributed by atoms with Crippen molar-refractivity contribution in [1.82, 2.24) is 4.98 Å². The van der Waals surface area contributed by atoms with Crippen molar-refractivity contribution >= 4 is 10.9 Å². The summed E-state index contributed by atoms with van der Waals surface area (Å²) in [6.07, 6.45) is 2.49. The number of hydrogen-bond acceptors (Lipinski definition) is 2. The lowest BCUT2D eigenvalue weighted by Crippen LogP contribution is -2.08. The Kier molecular flexibility index (Phi) is 3.40. The molecule has 0 aliphatic heterocycles. The van der Waals surface area contributed by atoms with Crippen LogP contribution in [0.5, 0.6) is 0 Å². The van der Waals surface area contributed by atoms with Crippen LogP contribution in [-0.2, 0) is 0 Å². The Labute approximate surface area is 120 Å². The molecule has 0 saturated heterocycles. The third-order valence-corrected chi connectivity index (χ3v) is 3.63. The van der Waals surface area contributed by atoms with Crippen molar-refractivity contribution in [3.8, 4) is 0 Å². The molecule has 0 saturated carbocycles. The number of hydrogen-bond donors (Lipinski definition) is 1. The van der Waals surface area contributed by atoms with E-state index >= 15 is 0 Å². The highest BCUT2D eigenvalue weighted by molar-refractivity contribution is 5.79. The van der Waals surface area contributed by atoms with Gasteiger partial charge in [0.1, 0.15) is 0 Å². The van der Waals surface area contributed by atoms with E-state index in [0.717, 1.165) is 17.3 Å². The van der Waals surface area contributed by atoms with Crippen molar-refractivity contribution in [2.24, 2.45) is 5.73 Å². The summed E-state index contributed by atoms with van der Waals surface area (Å²) in [5, 5.41) is 1.01. The second kappa shape index (κ2) is 5.85. The Balaban J connectivity index is 2.07. The van der Waals surface area contributed by atoms with Crippen LogP contribution in [-0.4, -0.2) is 11.5 Å². The summed E-state index contributed by atoms with van der Waals surface area (Å²) < 4.78 is 7.72. The first-order valence-electron chi connectivity index (χ1n) is 7.39. The summed E-state index contributed by atoms with van der Waals surface area (Å²) in [5.74, 6) is 0.287. The van der Waals surface area contributed by atoms with Gasteiger partial charge in [0.05, 0.1) is 6.89 Å². The van der Waals surface area contributed by atoms with E-state index in [2.05, 4.69) is 41.4 Å². The van der Waals surface area contributed by atoms with Crippen LogP contribution >= 0.6 is 0 Å². The van der Waals surface area contributed by atoms with Gasteiger partial charge in [-0.3, -0.25) is 4.98 Å². The van der Waals surface area contributed by atoms with Crippen molar-refractivity contribution in [3.63, 3.8) is 0 Å². The van der Waals surface area contributed by atoms with E-state index in [1.54, 1.807) is 6.20 Å². The van der Waals surface area contributed by atoms with E-state index in [1.807, 2.05) is 18.2 Å². The first kappa shape index (κ1) is 11.6. The van der Waals surface area contributed by atoms with Crippen LogP contribution < -0.4 is 5.73 Å². The summed E-state index contributed by atoms with van der Waals surface area (Å²) in [7, 11) is 0. The topological polar surface area (TPSA) is 38.9 Å². The number of nitrogens with two attached hydrogens (primary N) is 1. The molecule has 2 nitrogen and oxygen atoms in total. The van der Waals surface area contributed by atoms with E-state index in [9.17, 15) is 0 Å². The molecule has 1 heterocycles. The standard InChI is InChI=1S/C18H18N2/c19-11-10-17(14-5-2-1-3-6-14)15-8-9-18-16(13-15)7-4-12-20-18/h1-9,12-13,17H,10-11,19H2/i4D. The van der Waals surface area contributed by atoms with E-state index in [-0.39, 0.29) is 5.92 Å². The fourth-order valence-corrected chi connectivity index (χ4v) is 2.63. The van der Waals surface area contributed by atoms with Crippen molar-refractivity contribution in [2.45, 2.75) is 12.3 Å². The fourth-order valence-electron chi connectivity index (χ4n) is 2.63. The lowest BCUT2D eigenvalue weighted by atomic mass is 9.88. The molecule has 3 rings (SSSR count). The minimum Gasteiger partial charge on any atom is -0.330 e. The van der Waals surface area contributed by atoms with Crippen LogP contribution in [0, 0.1) is 0 Å². The van der Waals surface area contributed by atoms with Gasteiger partial charge in [-0.05, 0) is 42.3 Å². The maximum atomic E-state index is 7.72. The average Bonchev–Trinajstić information content (AvgIpc) is 2.52. The SMILES string of the molecule is [2H]c1cnc2ccc(C(CCN)c3ccccc3)cc2c1. The highest BCUT2D eigenvalue weighted by Crippen LogP contribution is 2.29. The molecule has 0 amide bonds. The predicted octanol–water partition coefficient (Wildman–Crippen LogP) is 3.72. The highest BCUT2D eigenvalue weighted by Gasteiger charge is 2.13. The number of fused-ring (bicyclic) bond motifs is 1. The molecule has 0 fully saturated rings. The zero-order valence-corrected chi connectivity index (χ0v) is 11.3. The van der Waals surface area contributed by atoms with Crippen LogP contribution in [0.1, 0.15) is 24.8 Å². The van der Waals surface area contributed by atoms with Crippen LogP contribution in [0.15, 0.2) is 66.8 Å². The summed E-state index contributed by atoms with van der Waals surface area (Å²) in [5.41, 5.74) is 9.23. The number of pyridine rings is 1. The first-order valence-corrected chi connectivity index (χ1v) is 6.89. The van der Waals surface area contributed by atoms with Crippen LogP contribution in [0.4, 0.5) is 0 Å². The maximum Gasteiger partial charge on any atom is 0.0702 e. The number of rotatable bonds is 4. The molecule has 1 atom stereocenters. The van der Waals surface area contributed by atoms with Crippen LogP contribution in [0.3, 0.4) is 0 Å². The number of benzene rings is 2. The molecule has 0 aliphatic rings. The van der Waals surface area contributed by atoms with E-state index in [1.165, 1.54) is 11.1 Å². The zero-order valence-electron chi connectivity index (χ0n) is 12.3. The largest absolute Gasteiger partial charge is 0.330 e. The van der Waals surface area contributed by atoms with Crippen molar-refractivity contribution in [3.05, 3.63) is 78.0 Å². The Bertz CT molecular complexity index is 741. The normalized spacial score (nSPS) is 13.2. The van der Waals surface area contributed by atoms with Gasteiger partial charge in [-0.1, -0.05) is 42.5 Å². The lowest BCUT2D eigenvalue weighted by molar-refractivity contribution is 0.727. The number of nitrogens with zero attached hydrogens (tertiary/aromatic N) is 1. The predicted molar refractivity (Wildman–Crippen MR) is 83.7 cm³/mol. The molecule has 1 aromatic heterocycles. The summed E-state index contributed by atoms with van der Waals surface area (Å²) in [4.78, 5) is 4.29. The minimum absolute atomic E-state index is 0.287. The Morgan fingerprint density at radius 3 is 2.70 bits per heavy atom. The molecule has 2 heteroatoms. The maximum absolute atomic E-state index is 7.72. The molecule has 0 bridgehead atoms. The van der Waals surface area contributed by atoms with Gasteiger partial charge in [-0.2, -0.15) is 0 Å². The third-order valence-electron chi connectivity index (χ3n) is 3.63. The fraction of sp³-hybridized carbons (Fsp3) is 0.167. The molecule has 1 unspecified atom stereocenters. The van der Waals surface area contributed by atoms with Gasteiger partial charge in [-0.15, -0.1) is 0 Å². The average molecular weight is 263 g/mol.